The molecule has 0 spiro atoms. The lowest BCUT2D eigenvalue weighted by Crippen LogP contribution is -2.41. The van der Waals surface area contributed by atoms with Gasteiger partial charge in [0.1, 0.15) is 11.8 Å². The van der Waals surface area contributed by atoms with Crippen LogP contribution >= 0.6 is 11.8 Å². The van der Waals surface area contributed by atoms with Crippen molar-refractivity contribution in [1.29, 1.82) is 0 Å². The van der Waals surface area contributed by atoms with Gasteiger partial charge in [-0.2, -0.15) is 11.8 Å². The summed E-state index contributed by atoms with van der Waals surface area (Å²) in [7, 11) is 1.60. The minimum atomic E-state index is -1.02. The van der Waals surface area contributed by atoms with E-state index in [4.69, 9.17) is 9.84 Å². The predicted molar refractivity (Wildman–Crippen MR) is 74.4 cm³/mol. The number of carbonyl (C=O) groups excluding carboxylic acids is 1. The zero-order valence-corrected chi connectivity index (χ0v) is 11.7. The summed E-state index contributed by atoms with van der Waals surface area (Å²) in [5.41, 5.74) is 1.05. The van der Waals surface area contributed by atoms with Crippen LogP contribution in [0.15, 0.2) is 24.3 Å². The van der Waals surface area contributed by atoms with Crippen LogP contribution in [0.2, 0.25) is 0 Å². The average molecular weight is 283 g/mol. The first-order chi connectivity index (χ1) is 9.02. The van der Waals surface area contributed by atoms with Gasteiger partial charge in [0, 0.05) is 18.4 Å². The molecule has 1 atom stereocenters. The Labute approximate surface area is 116 Å². The number of benzene rings is 1. The number of amides is 1. The Hall–Kier alpha value is -1.69. The van der Waals surface area contributed by atoms with E-state index in [9.17, 15) is 9.59 Å². The largest absolute Gasteiger partial charge is 0.497 e. The normalized spacial score (nSPS) is 11.7. The fourth-order valence-corrected chi connectivity index (χ4v) is 2.47. The van der Waals surface area contributed by atoms with Crippen molar-refractivity contribution in [1.82, 2.24) is 5.32 Å². The number of methoxy groups -OCH3 is 1. The SMILES string of the molecule is COc1cccc(CSCC(NC(C)=O)C(=O)O)c1. The summed E-state index contributed by atoms with van der Waals surface area (Å²) in [5, 5.41) is 11.4. The third-order valence-corrected chi connectivity index (χ3v) is 3.47. The minimum absolute atomic E-state index is 0.326. The number of nitrogens with one attached hydrogen (secondary N) is 1. The minimum Gasteiger partial charge on any atom is -0.497 e. The van der Waals surface area contributed by atoms with E-state index in [1.54, 1.807) is 7.11 Å². The van der Waals surface area contributed by atoms with E-state index in [2.05, 4.69) is 5.32 Å². The van der Waals surface area contributed by atoms with Crippen molar-refractivity contribution < 1.29 is 19.4 Å². The number of hydrogen-bond acceptors (Lipinski definition) is 4. The van der Waals surface area contributed by atoms with E-state index in [1.807, 2.05) is 24.3 Å². The highest BCUT2D eigenvalue weighted by atomic mass is 32.2. The van der Waals surface area contributed by atoms with Crippen LogP contribution in [0.1, 0.15) is 12.5 Å². The monoisotopic (exact) mass is 283 g/mol. The van der Waals surface area contributed by atoms with Crippen LogP contribution < -0.4 is 10.1 Å². The van der Waals surface area contributed by atoms with Crippen LogP contribution in [0.4, 0.5) is 0 Å². The molecule has 0 aliphatic carbocycles. The fourth-order valence-electron chi connectivity index (χ4n) is 1.48. The highest BCUT2D eigenvalue weighted by molar-refractivity contribution is 7.98. The fraction of sp³-hybridized carbons (Fsp3) is 0.385. The molecule has 1 aromatic carbocycles. The summed E-state index contributed by atoms with van der Waals surface area (Å²) in [6.45, 7) is 1.31. The zero-order chi connectivity index (χ0) is 14.3. The van der Waals surface area contributed by atoms with Crippen LogP contribution in [-0.2, 0) is 15.3 Å². The molecule has 2 N–H and O–H groups in total. The van der Waals surface area contributed by atoms with Gasteiger partial charge >= 0.3 is 5.97 Å². The molecule has 1 aromatic rings. The van der Waals surface area contributed by atoms with Gasteiger partial charge in [0.2, 0.25) is 5.91 Å². The van der Waals surface area contributed by atoms with Gasteiger partial charge in [-0.05, 0) is 17.7 Å². The van der Waals surface area contributed by atoms with E-state index in [0.717, 1.165) is 11.3 Å². The number of ether oxygens (including phenoxy) is 1. The van der Waals surface area contributed by atoms with Crippen LogP contribution in [-0.4, -0.2) is 35.9 Å². The Balaban J connectivity index is 2.47. The van der Waals surface area contributed by atoms with Gasteiger partial charge in [-0.3, -0.25) is 4.79 Å². The Bertz CT molecular complexity index is 450. The zero-order valence-electron chi connectivity index (χ0n) is 10.9. The smallest absolute Gasteiger partial charge is 0.327 e. The maximum absolute atomic E-state index is 10.9. The molecule has 0 radical (unpaired) electrons. The number of carboxylic acid groups (broad SMARTS) is 1. The molecule has 1 rings (SSSR count). The molecular weight excluding hydrogens is 266 g/mol. The van der Waals surface area contributed by atoms with Gasteiger partial charge in [-0.25, -0.2) is 4.79 Å². The highest BCUT2D eigenvalue weighted by Gasteiger charge is 2.17. The van der Waals surface area contributed by atoms with Crippen LogP contribution in [0.5, 0.6) is 5.75 Å². The summed E-state index contributed by atoms with van der Waals surface area (Å²) in [6.07, 6.45) is 0. The molecule has 0 saturated carbocycles. The Kier molecular flexibility index (Phi) is 6.21. The molecule has 0 heterocycles. The molecule has 104 valence electrons. The van der Waals surface area contributed by atoms with Crippen LogP contribution in [0, 0.1) is 0 Å². The summed E-state index contributed by atoms with van der Waals surface area (Å²) in [5.74, 6) is 0.407. The third kappa shape index (κ3) is 5.65. The maximum atomic E-state index is 10.9. The van der Waals surface area contributed by atoms with Crippen molar-refractivity contribution in [3.8, 4) is 5.75 Å². The van der Waals surface area contributed by atoms with Crippen molar-refractivity contribution in [3.05, 3.63) is 29.8 Å². The molecule has 0 aliphatic heterocycles. The number of carbonyl (C=O) groups is 2. The van der Waals surface area contributed by atoms with E-state index in [1.165, 1.54) is 18.7 Å². The number of rotatable bonds is 7. The summed E-state index contributed by atoms with van der Waals surface area (Å²) < 4.78 is 5.11. The molecule has 0 bridgehead atoms. The first-order valence-electron chi connectivity index (χ1n) is 5.73. The molecule has 0 aliphatic rings. The molecule has 0 saturated heterocycles. The van der Waals surface area contributed by atoms with Gasteiger partial charge in [-0.15, -0.1) is 0 Å². The highest BCUT2D eigenvalue weighted by Crippen LogP contribution is 2.18. The third-order valence-electron chi connectivity index (χ3n) is 2.36. The number of carboxylic acids is 1. The maximum Gasteiger partial charge on any atom is 0.327 e. The van der Waals surface area contributed by atoms with E-state index < -0.39 is 12.0 Å². The van der Waals surface area contributed by atoms with Crippen LogP contribution in [0.25, 0.3) is 0 Å². The Morgan fingerprint density at radius 2 is 2.21 bits per heavy atom. The molecule has 0 fully saturated rings. The molecule has 5 nitrogen and oxygen atoms in total. The lowest BCUT2D eigenvalue weighted by molar-refractivity contribution is -0.140. The van der Waals surface area contributed by atoms with E-state index in [0.29, 0.717) is 11.5 Å². The number of aliphatic carboxylic acids is 1. The topological polar surface area (TPSA) is 75.6 Å². The van der Waals surface area contributed by atoms with E-state index in [-0.39, 0.29) is 5.91 Å². The Morgan fingerprint density at radius 1 is 1.47 bits per heavy atom. The summed E-state index contributed by atoms with van der Waals surface area (Å²) in [6, 6.07) is 6.74. The van der Waals surface area contributed by atoms with Crippen molar-refractivity contribution in [2.75, 3.05) is 12.9 Å². The van der Waals surface area contributed by atoms with Crippen molar-refractivity contribution in [2.24, 2.45) is 0 Å². The molecule has 0 aromatic heterocycles. The quantitative estimate of drug-likeness (QED) is 0.793. The molecular formula is C13H17NO4S. The molecule has 6 heteroatoms. The second-order valence-electron chi connectivity index (χ2n) is 3.96. The van der Waals surface area contributed by atoms with Gasteiger partial charge in [-0.1, -0.05) is 12.1 Å². The number of thioether (sulfide) groups is 1. The predicted octanol–water partition coefficient (Wildman–Crippen LogP) is 1.52. The molecule has 19 heavy (non-hydrogen) atoms. The summed E-state index contributed by atoms with van der Waals surface area (Å²) in [4.78, 5) is 21.8. The summed E-state index contributed by atoms with van der Waals surface area (Å²) >= 11 is 1.45. The second-order valence-corrected chi connectivity index (χ2v) is 4.99. The van der Waals surface area contributed by atoms with E-state index >= 15 is 0 Å². The lowest BCUT2D eigenvalue weighted by Gasteiger charge is -2.12. The van der Waals surface area contributed by atoms with Crippen molar-refractivity contribution in [2.45, 2.75) is 18.7 Å². The molecule has 1 unspecified atom stereocenters. The van der Waals surface area contributed by atoms with Crippen LogP contribution in [0.3, 0.4) is 0 Å². The van der Waals surface area contributed by atoms with Crippen molar-refractivity contribution >= 4 is 23.6 Å². The second kappa shape index (κ2) is 7.68. The lowest BCUT2D eigenvalue weighted by atomic mass is 10.2. The Morgan fingerprint density at radius 3 is 2.79 bits per heavy atom. The molecule has 1 amide bonds. The van der Waals surface area contributed by atoms with Gasteiger partial charge in [0.25, 0.3) is 0 Å². The van der Waals surface area contributed by atoms with Gasteiger partial charge in [0.15, 0.2) is 0 Å². The average Bonchev–Trinajstić information content (AvgIpc) is 2.37. The van der Waals surface area contributed by atoms with Gasteiger partial charge in [0.05, 0.1) is 7.11 Å². The standard InChI is InChI=1S/C13H17NO4S/c1-9(15)14-12(13(16)17)8-19-7-10-4-3-5-11(6-10)18-2/h3-6,12H,7-8H2,1-2H3,(H,14,15)(H,16,17). The first-order valence-corrected chi connectivity index (χ1v) is 6.89. The number of hydrogen-bond donors (Lipinski definition) is 2. The van der Waals surface area contributed by atoms with Gasteiger partial charge < -0.3 is 15.2 Å². The van der Waals surface area contributed by atoms with Crippen molar-refractivity contribution in [3.63, 3.8) is 0 Å². The first kappa shape index (κ1) is 15.4.